The minimum atomic E-state index is -0.963. The molecule has 3 aliphatic rings. The van der Waals surface area contributed by atoms with Crippen LogP contribution in [0.3, 0.4) is 0 Å². The maximum absolute atomic E-state index is 14.6. The van der Waals surface area contributed by atoms with E-state index in [4.69, 9.17) is 14.2 Å². The number of fused-ring (bicyclic) bond motifs is 1. The topological polar surface area (TPSA) is 113 Å². The Kier molecular flexibility index (Phi) is 5.02. The second-order valence-electron chi connectivity index (χ2n) is 9.10. The summed E-state index contributed by atoms with van der Waals surface area (Å²) in [5.41, 5.74) is 2.82. The van der Waals surface area contributed by atoms with Gasteiger partial charge in [0.2, 0.25) is 17.6 Å². The third-order valence-corrected chi connectivity index (χ3v) is 6.45. The van der Waals surface area contributed by atoms with E-state index >= 15 is 0 Å². The highest BCUT2D eigenvalue weighted by Gasteiger charge is 2.35. The molecule has 6 rings (SSSR count). The first kappa shape index (κ1) is 20.5. The Labute approximate surface area is 189 Å². The van der Waals surface area contributed by atoms with E-state index in [-0.39, 0.29) is 30.5 Å². The fourth-order valence-corrected chi connectivity index (χ4v) is 4.37. The maximum atomic E-state index is 14.6. The lowest BCUT2D eigenvalue weighted by Crippen LogP contribution is -2.46. The zero-order valence-corrected chi connectivity index (χ0v) is 18.3. The number of anilines is 1. The smallest absolute Gasteiger partial charge is 0.246 e. The Balaban J connectivity index is 1.29. The predicted molar refractivity (Wildman–Crippen MR) is 116 cm³/mol. The number of nitrogens with one attached hydrogen (secondary N) is 2. The van der Waals surface area contributed by atoms with Gasteiger partial charge in [0.1, 0.15) is 18.0 Å². The number of rotatable bonds is 7. The van der Waals surface area contributed by atoms with Crippen LogP contribution in [0.2, 0.25) is 0 Å². The standard InChI is InChI=1S/C22H26FN7O3/c1-29-8-6-14(13(23)10-29)25-15-3-2-7-30-19(16-11-32-16)18(27-21(15)30)20-26-17(33-28-20)9-24-22(31)12-4-5-12/h2-3,7,12-14,16,25H,4-6,8-11H2,1H3,(H,24,31)/t13-,14+,16+/m0/s1. The summed E-state index contributed by atoms with van der Waals surface area (Å²) in [6.45, 7) is 2.02. The van der Waals surface area contributed by atoms with Crippen molar-refractivity contribution >= 4 is 17.2 Å². The molecule has 1 aliphatic carbocycles. The number of halogens is 1. The van der Waals surface area contributed by atoms with Crippen LogP contribution in [0.1, 0.15) is 37.0 Å². The SMILES string of the molecule is CN1CC[C@@H](Nc2cccn3c([C@H]4CO4)c(-c4noc(CNC(=O)C5CC5)n4)nc23)[C@@H](F)C1. The van der Waals surface area contributed by atoms with Gasteiger partial charge in [-0.3, -0.25) is 9.20 Å². The van der Waals surface area contributed by atoms with Crippen LogP contribution in [0.5, 0.6) is 0 Å². The van der Waals surface area contributed by atoms with Crippen LogP contribution in [-0.4, -0.2) is 69.3 Å². The third kappa shape index (κ3) is 4.06. The van der Waals surface area contributed by atoms with Gasteiger partial charge in [0.25, 0.3) is 0 Å². The highest BCUT2D eigenvalue weighted by Crippen LogP contribution is 2.38. The third-order valence-electron chi connectivity index (χ3n) is 6.45. The summed E-state index contributed by atoms with van der Waals surface area (Å²) in [5.74, 6) is 0.798. The number of hydrogen-bond donors (Lipinski definition) is 2. The van der Waals surface area contributed by atoms with Gasteiger partial charge in [0.05, 0.1) is 30.6 Å². The van der Waals surface area contributed by atoms with Gasteiger partial charge < -0.3 is 24.8 Å². The molecule has 10 nitrogen and oxygen atoms in total. The molecule has 5 heterocycles. The largest absolute Gasteiger partial charge is 0.376 e. The van der Waals surface area contributed by atoms with E-state index in [1.807, 2.05) is 34.7 Å². The molecule has 0 aromatic carbocycles. The average Bonchev–Trinajstić information content (AvgIpc) is 3.73. The molecule has 1 saturated carbocycles. The summed E-state index contributed by atoms with van der Waals surface area (Å²) in [7, 11) is 1.93. The van der Waals surface area contributed by atoms with Crippen LogP contribution in [0, 0.1) is 5.92 Å². The van der Waals surface area contributed by atoms with Crippen molar-refractivity contribution in [3.63, 3.8) is 0 Å². The van der Waals surface area contributed by atoms with Crippen molar-refractivity contribution < 1.29 is 18.4 Å². The first-order chi connectivity index (χ1) is 16.1. The lowest BCUT2D eigenvalue weighted by atomic mass is 10.0. The van der Waals surface area contributed by atoms with E-state index in [9.17, 15) is 9.18 Å². The van der Waals surface area contributed by atoms with Gasteiger partial charge >= 0.3 is 0 Å². The van der Waals surface area contributed by atoms with Gasteiger partial charge in [-0.25, -0.2) is 9.37 Å². The number of nitrogens with zero attached hydrogens (tertiary/aromatic N) is 5. The number of likely N-dealkylation sites (tertiary alicyclic amines) is 1. The van der Waals surface area contributed by atoms with Crippen molar-refractivity contribution in [1.29, 1.82) is 0 Å². The average molecular weight is 455 g/mol. The molecule has 0 bridgehead atoms. The van der Waals surface area contributed by atoms with Gasteiger partial charge in [-0.05, 0) is 38.4 Å². The number of carbonyl (C=O) groups excluding carboxylic acids is 1. The van der Waals surface area contributed by atoms with Crippen molar-refractivity contribution in [2.75, 3.05) is 32.1 Å². The molecule has 174 valence electrons. The van der Waals surface area contributed by atoms with E-state index in [1.54, 1.807) is 0 Å². The number of carbonyl (C=O) groups is 1. The van der Waals surface area contributed by atoms with Crippen LogP contribution in [0.25, 0.3) is 17.2 Å². The highest BCUT2D eigenvalue weighted by molar-refractivity contribution is 5.80. The number of epoxide rings is 1. The lowest BCUT2D eigenvalue weighted by Gasteiger charge is -2.33. The zero-order chi connectivity index (χ0) is 22.5. The second-order valence-corrected chi connectivity index (χ2v) is 9.10. The summed E-state index contributed by atoms with van der Waals surface area (Å²) in [5, 5.41) is 10.3. The fraction of sp³-hybridized carbons (Fsp3) is 0.545. The Morgan fingerprint density at radius 3 is 2.91 bits per heavy atom. The van der Waals surface area contributed by atoms with Crippen LogP contribution in [0.4, 0.5) is 10.1 Å². The molecule has 0 unspecified atom stereocenters. The molecule has 3 atom stereocenters. The Morgan fingerprint density at radius 1 is 1.30 bits per heavy atom. The Bertz CT molecular complexity index is 1190. The van der Waals surface area contributed by atoms with Gasteiger partial charge in [-0.1, -0.05) is 5.16 Å². The molecule has 1 amide bonds. The van der Waals surface area contributed by atoms with E-state index in [2.05, 4.69) is 20.8 Å². The van der Waals surface area contributed by atoms with Crippen molar-refractivity contribution in [2.45, 2.75) is 44.1 Å². The summed E-state index contributed by atoms with van der Waals surface area (Å²) < 4.78 is 27.5. The van der Waals surface area contributed by atoms with E-state index in [1.165, 1.54) is 0 Å². The Morgan fingerprint density at radius 2 is 2.15 bits per heavy atom. The number of pyridine rings is 1. The summed E-state index contributed by atoms with van der Waals surface area (Å²) >= 11 is 0. The van der Waals surface area contributed by atoms with Gasteiger partial charge in [0.15, 0.2) is 5.65 Å². The molecule has 2 aliphatic heterocycles. The van der Waals surface area contributed by atoms with Gasteiger partial charge in [-0.2, -0.15) is 4.98 Å². The maximum Gasteiger partial charge on any atom is 0.246 e. The number of alkyl halides is 1. The number of hydrogen-bond acceptors (Lipinski definition) is 8. The molecular weight excluding hydrogens is 429 g/mol. The minimum absolute atomic E-state index is 0.0188. The van der Waals surface area contributed by atoms with Gasteiger partial charge in [-0.15, -0.1) is 0 Å². The second kappa shape index (κ2) is 8.07. The van der Waals surface area contributed by atoms with E-state index < -0.39 is 6.17 Å². The molecule has 33 heavy (non-hydrogen) atoms. The fourth-order valence-electron chi connectivity index (χ4n) is 4.37. The predicted octanol–water partition coefficient (Wildman–Crippen LogP) is 1.94. The zero-order valence-electron chi connectivity index (χ0n) is 18.3. The van der Waals surface area contributed by atoms with Crippen LogP contribution in [0.15, 0.2) is 22.9 Å². The molecule has 11 heteroatoms. The quantitative estimate of drug-likeness (QED) is 0.520. The highest BCUT2D eigenvalue weighted by atomic mass is 19.1. The van der Waals surface area contributed by atoms with Crippen LogP contribution < -0.4 is 10.6 Å². The normalized spacial score (nSPS) is 25.3. The Hall–Kier alpha value is -3.05. The molecule has 2 N–H and O–H groups in total. The van der Waals surface area contributed by atoms with Crippen molar-refractivity contribution in [2.24, 2.45) is 5.92 Å². The van der Waals surface area contributed by atoms with Crippen LogP contribution >= 0.6 is 0 Å². The molecule has 0 radical (unpaired) electrons. The van der Waals surface area contributed by atoms with Crippen LogP contribution in [-0.2, 0) is 16.1 Å². The molecular formula is C22H26FN7O3. The summed E-state index contributed by atoms with van der Waals surface area (Å²) in [4.78, 5) is 23.2. The minimum Gasteiger partial charge on any atom is -0.376 e. The summed E-state index contributed by atoms with van der Waals surface area (Å²) in [6.07, 6.45) is 3.42. The number of aromatic nitrogens is 4. The summed E-state index contributed by atoms with van der Waals surface area (Å²) in [6, 6.07) is 3.54. The van der Waals surface area contributed by atoms with E-state index in [0.717, 1.165) is 30.8 Å². The number of amides is 1. The molecule has 0 spiro atoms. The first-order valence-electron chi connectivity index (χ1n) is 11.4. The van der Waals surface area contributed by atoms with Gasteiger partial charge in [0, 0.05) is 25.2 Å². The number of imidazole rings is 1. The monoisotopic (exact) mass is 455 g/mol. The van der Waals surface area contributed by atoms with Crippen molar-refractivity contribution in [3.8, 4) is 11.5 Å². The first-order valence-corrected chi connectivity index (χ1v) is 11.4. The number of piperidine rings is 1. The lowest BCUT2D eigenvalue weighted by molar-refractivity contribution is -0.122. The molecule has 3 aromatic rings. The van der Waals surface area contributed by atoms with Crippen molar-refractivity contribution in [1.82, 2.24) is 29.7 Å². The van der Waals surface area contributed by atoms with E-state index in [0.29, 0.717) is 42.6 Å². The molecule has 3 aromatic heterocycles. The molecule has 3 fully saturated rings. The molecule has 2 saturated heterocycles. The van der Waals surface area contributed by atoms with Crippen molar-refractivity contribution in [3.05, 3.63) is 29.9 Å². The number of ether oxygens (including phenoxy) is 1.